The molecule has 0 N–H and O–H groups in total. The van der Waals surface area contributed by atoms with Crippen molar-refractivity contribution in [1.82, 2.24) is 9.80 Å². The Morgan fingerprint density at radius 2 is 1.76 bits per heavy atom. The topological polar surface area (TPSA) is 66.9 Å². The third kappa shape index (κ3) is 3.36. The van der Waals surface area contributed by atoms with Crippen LogP contribution in [0.5, 0.6) is 0 Å². The Morgan fingerprint density at radius 1 is 1.20 bits per heavy atom. The summed E-state index contributed by atoms with van der Waals surface area (Å²) in [6.45, 7) is 5.06. The van der Waals surface area contributed by atoms with Crippen molar-refractivity contribution in [2.45, 2.75) is 45.0 Å². The van der Waals surface area contributed by atoms with E-state index >= 15 is 0 Å². The van der Waals surface area contributed by atoms with Gasteiger partial charge in [0.05, 0.1) is 30.3 Å². The van der Waals surface area contributed by atoms with Gasteiger partial charge in [0, 0.05) is 6.42 Å². The van der Waals surface area contributed by atoms with Crippen LogP contribution in [-0.2, 0) is 4.74 Å². The molecular formula is C18H21FN2O4. The number of hydrogen-bond acceptors (Lipinski definition) is 4. The summed E-state index contributed by atoms with van der Waals surface area (Å²) in [5.74, 6) is -0.820. The van der Waals surface area contributed by atoms with Gasteiger partial charge in [0.2, 0.25) is 0 Å². The number of benzene rings is 1. The molecule has 2 atom stereocenters. The van der Waals surface area contributed by atoms with Gasteiger partial charge in [-0.2, -0.15) is 0 Å². The lowest BCUT2D eigenvalue weighted by molar-refractivity contribution is 0.0185. The standard InChI is InChI=1S/C18H21FN2O4/c1-18(2,3)25-17(24)20-9-11(19)8-12(20)10-21-15(22)13-6-4-5-7-14(13)16(21)23/h4-7,11-12H,8-10H2,1-3H3/t11-,12-/m0/s1. The van der Waals surface area contributed by atoms with Gasteiger partial charge >= 0.3 is 6.09 Å². The molecule has 1 aromatic carbocycles. The van der Waals surface area contributed by atoms with Crippen molar-refractivity contribution in [3.63, 3.8) is 0 Å². The molecule has 7 heteroatoms. The van der Waals surface area contributed by atoms with Crippen LogP contribution >= 0.6 is 0 Å². The summed E-state index contributed by atoms with van der Waals surface area (Å²) in [6, 6.07) is 5.97. The highest BCUT2D eigenvalue weighted by Crippen LogP contribution is 2.28. The Kier molecular flexibility index (Phi) is 4.26. The van der Waals surface area contributed by atoms with E-state index in [2.05, 4.69) is 0 Å². The normalized spacial score (nSPS) is 23.2. The largest absolute Gasteiger partial charge is 0.444 e. The molecule has 3 amide bonds. The number of alkyl halides is 1. The molecule has 0 aromatic heterocycles. The van der Waals surface area contributed by atoms with Gasteiger partial charge < -0.3 is 9.64 Å². The number of amides is 3. The molecule has 0 unspecified atom stereocenters. The minimum Gasteiger partial charge on any atom is -0.444 e. The van der Waals surface area contributed by atoms with Crippen molar-refractivity contribution in [3.8, 4) is 0 Å². The maximum absolute atomic E-state index is 13.9. The highest BCUT2D eigenvalue weighted by molar-refractivity contribution is 6.21. The van der Waals surface area contributed by atoms with E-state index in [1.807, 2.05) is 0 Å². The van der Waals surface area contributed by atoms with E-state index in [1.54, 1.807) is 45.0 Å². The summed E-state index contributed by atoms with van der Waals surface area (Å²) in [6.07, 6.45) is -1.76. The number of carbonyl (C=O) groups is 3. The molecule has 2 aliphatic heterocycles. The molecule has 0 aliphatic carbocycles. The second-order valence-electron chi connectivity index (χ2n) is 7.39. The Balaban J connectivity index is 1.76. The smallest absolute Gasteiger partial charge is 0.410 e. The lowest BCUT2D eigenvalue weighted by Crippen LogP contribution is -2.46. The molecule has 2 heterocycles. The Hall–Kier alpha value is -2.44. The average molecular weight is 348 g/mol. The molecule has 0 spiro atoms. The van der Waals surface area contributed by atoms with Gasteiger partial charge in [-0.1, -0.05) is 12.1 Å². The zero-order valence-electron chi connectivity index (χ0n) is 14.5. The molecule has 6 nitrogen and oxygen atoms in total. The lowest BCUT2D eigenvalue weighted by atomic mass is 10.1. The van der Waals surface area contributed by atoms with Crippen molar-refractivity contribution in [2.75, 3.05) is 13.1 Å². The van der Waals surface area contributed by atoms with Crippen LogP contribution in [0.4, 0.5) is 9.18 Å². The Labute approximate surface area is 145 Å². The number of carbonyl (C=O) groups excluding carboxylic acids is 3. The number of likely N-dealkylation sites (tertiary alicyclic amines) is 1. The number of fused-ring (bicyclic) bond motifs is 1. The third-order valence-corrected chi connectivity index (χ3v) is 4.26. The predicted octanol–water partition coefficient (Wildman–Crippen LogP) is 2.63. The van der Waals surface area contributed by atoms with E-state index in [1.165, 1.54) is 4.90 Å². The van der Waals surface area contributed by atoms with Crippen LogP contribution in [0.25, 0.3) is 0 Å². The summed E-state index contributed by atoms with van der Waals surface area (Å²) in [5.41, 5.74) is -0.0248. The van der Waals surface area contributed by atoms with Crippen molar-refractivity contribution in [2.24, 2.45) is 0 Å². The van der Waals surface area contributed by atoms with E-state index in [0.29, 0.717) is 11.1 Å². The van der Waals surface area contributed by atoms with E-state index in [0.717, 1.165) is 4.90 Å². The monoisotopic (exact) mass is 348 g/mol. The highest BCUT2D eigenvalue weighted by atomic mass is 19.1. The van der Waals surface area contributed by atoms with Gasteiger partial charge in [-0.05, 0) is 32.9 Å². The molecule has 0 saturated carbocycles. The van der Waals surface area contributed by atoms with Crippen LogP contribution in [0.3, 0.4) is 0 Å². The fourth-order valence-corrected chi connectivity index (χ4v) is 3.19. The van der Waals surface area contributed by atoms with E-state index < -0.39 is 35.7 Å². The average Bonchev–Trinajstić information content (AvgIpc) is 3.00. The third-order valence-electron chi connectivity index (χ3n) is 4.26. The number of halogens is 1. The van der Waals surface area contributed by atoms with Crippen molar-refractivity contribution < 1.29 is 23.5 Å². The number of ether oxygens (including phenoxy) is 1. The van der Waals surface area contributed by atoms with Crippen LogP contribution in [0, 0.1) is 0 Å². The first-order chi connectivity index (χ1) is 11.7. The highest BCUT2D eigenvalue weighted by Gasteiger charge is 2.43. The summed E-state index contributed by atoms with van der Waals surface area (Å²) in [5, 5.41) is 0. The molecule has 134 valence electrons. The number of nitrogens with zero attached hydrogens (tertiary/aromatic N) is 2. The van der Waals surface area contributed by atoms with Crippen LogP contribution in [0.1, 0.15) is 47.9 Å². The van der Waals surface area contributed by atoms with Gasteiger partial charge in [-0.15, -0.1) is 0 Å². The van der Waals surface area contributed by atoms with Crippen LogP contribution in [-0.4, -0.2) is 58.6 Å². The molecule has 25 heavy (non-hydrogen) atoms. The first kappa shape index (κ1) is 17.4. The molecule has 0 bridgehead atoms. The van der Waals surface area contributed by atoms with Crippen molar-refractivity contribution >= 4 is 17.9 Å². The summed E-state index contributed by atoms with van der Waals surface area (Å²) in [4.78, 5) is 39.6. The van der Waals surface area contributed by atoms with E-state index in [9.17, 15) is 18.8 Å². The summed E-state index contributed by atoms with van der Waals surface area (Å²) in [7, 11) is 0. The second-order valence-corrected chi connectivity index (χ2v) is 7.39. The summed E-state index contributed by atoms with van der Waals surface area (Å²) >= 11 is 0. The molecular weight excluding hydrogens is 327 g/mol. The first-order valence-corrected chi connectivity index (χ1v) is 8.26. The van der Waals surface area contributed by atoms with Gasteiger partial charge in [-0.25, -0.2) is 9.18 Å². The fourth-order valence-electron chi connectivity index (χ4n) is 3.19. The quantitative estimate of drug-likeness (QED) is 0.771. The maximum atomic E-state index is 13.9. The molecule has 1 saturated heterocycles. The van der Waals surface area contributed by atoms with Gasteiger partial charge in [0.15, 0.2) is 0 Å². The first-order valence-electron chi connectivity index (χ1n) is 8.26. The number of rotatable bonds is 2. The Bertz CT molecular complexity index is 693. The molecule has 1 aromatic rings. The lowest BCUT2D eigenvalue weighted by Gasteiger charge is -2.30. The summed E-state index contributed by atoms with van der Waals surface area (Å²) < 4.78 is 19.2. The van der Waals surface area contributed by atoms with Crippen molar-refractivity contribution in [1.29, 1.82) is 0 Å². The van der Waals surface area contributed by atoms with Crippen LogP contribution in [0.15, 0.2) is 24.3 Å². The SMILES string of the molecule is CC(C)(C)OC(=O)N1C[C@@H](F)C[C@H]1CN1C(=O)c2ccccc2C1=O. The minimum atomic E-state index is -1.20. The van der Waals surface area contributed by atoms with Crippen molar-refractivity contribution in [3.05, 3.63) is 35.4 Å². The zero-order chi connectivity index (χ0) is 18.4. The molecule has 1 fully saturated rings. The minimum absolute atomic E-state index is 0.0357. The van der Waals surface area contributed by atoms with Gasteiger partial charge in [0.1, 0.15) is 11.8 Å². The molecule has 0 radical (unpaired) electrons. The maximum Gasteiger partial charge on any atom is 0.410 e. The van der Waals surface area contributed by atoms with Gasteiger partial charge in [0.25, 0.3) is 11.8 Å². The second kappa shape index (κ2) is 6.13. The van der Waals surface area contributed by atoms with Gasteiger partial charge in [-0.3, -0.25) is 14.5 Å². The number of imide groups is 1. The Morgan fingerprint density at radius 3 is 2.28 bits per heavy atom. The van der Waals surface area contributed by atoms with E-state index in [-0.39, 0.29) is 19.5 Å². The molecule has 2 aliphatic rings. The van der Waals surface area contributed by atoms with E-state index in [4.69, 9.17) is 4.74 Å². The molecule has 3 rings (SSSR count). The number of hydrogen-bond donors (Lipinski definition) is 0. The fraction of sp³-hybridized carbons (Fsp3) is 0.500. The predicted molar refractivity (Wildman–Crippen MR) is 88.1 cm³/mol. The van der Waals surface area contributed by atoms with Crippen LogP contribution in [0.2, 0.25) is 0 Å². The van der Waals surface area contributed by atoms with Crippen LogP contribution < -0.4 is 0 Å². The zero-order valence-corrected chi connectivity index (χ0v) is 14.5.